The zero-order valence-electron chi connectivity index (χ0n) is 4.84. The number of rotatable bonds is 2. The van der Waals surface area contributed by atoms with Gasteiger partial charge in [0.05, 0.1) is 0 Å². The van der Waals surface area contributed by atoms with Gasteiger partial charge in [0.25, 0.3) is 0 Å². The second kappa shape index (κ2) is 2.65. The molecule has 1 heteroatoms. The molecule has 0 aromatic heterocycles. The highest BCUT2D eigenvalue weighted by atomic mass is 16.1. The van der Waals surface area contributed by atoms with E-state index >= 15 is 0 Å². The number of carbonyl (C=O) groups is 1. The number of hydrogen-bond donors (Lipinski definition) is 0. The van der Waals surface area contributed by atoms with Crippen LogP contribution >= 0.6 is 0 Å². The lowest BCUT2D eigenvalue weighted by Gasteiger charge is -1.97. The summed E-state index contributed by atoms with van der Waals surface area (Å²) in [5.41, 5.74) is 0. The molecule has 0 fully saturated rings. The molecule has 44 valence electrons. The third kappa shape index (κ3) is 1.19. The van der Waals surface area contributed by atoms with Crippen LogP contribution in [0.4, 0.5) is 0 Å². The summed E-state index contributed by atoms with van der Waals surface area (Å²) in [4.78, 5) is 9.93. The summed E-state index contributed by atoms with van der Waals surface area (Å²) in [7, 11) is 0. The van der Waals surface area contributed by atoms with E-state index in [1.807, 2.05) is 0 Å². The van der Waals surface area contributed by atoms with Gasteiger partial charge in [0.2, 0.25) is 0 Å². The molecule has 0 aromatic rings. The Morgan fingerprint density at radius 1 is 1.75 bits per heavy atom. The normalized spacial score (nSPS) is 26.2. The first-order valence-electron chi connectivity index (χ1n) is 3.04. The van der Waals surface area contributed by atoms with Gasteiger partial charge in [0, 0.05) is 6.42 Å². The molecule has 0 bridgehead atoms. The molecular weight excluding hydrogens is 100 g/mol. The van der Waals surface area contributed by atoms with E-state index in [1.165, 1.54) is 12.8 Å². The molecule has 0 aromatic carbocycles. The van der Waals surface area contributed by atoms with E-state index in [1.54, 1.807) is 0 Å². The van der Waals surface area contributed by atoms with Gasteiger partial charge in [0.15, 0.2) is 0 Å². The van der Waals surface area contributed by atoms with Gasteiger partial charge in [-0.05, 0) is 18.8 Å². The zero-order chi connectivity index (χ0) is 5.82. The maximum Gasteiger partial charge on any atom is 0.120 e. The predicted molar refractivity (Wildman–Crippen MR) is 32.5 cm³/mol. The monoisotopic (exact) mass is 110 g/mol. The molecule has 1 atom stereocenters. The van der Waals surface area contributed by atoms with Crippen LogP contribution in [-0.4, -0.2) is 6.29 Å². The van der Waals surface area contributed by atoms with Crippen LogP contribution < -0.4 is 0 Å². The quantitative estimate of drug-likeness (QED) is 0.389. The Hall–Kier alpha value is -0.590. The van der Waals surface area contributed by atoms with Crippen LogP contribution in [0.2, 0.25) is 0 Å². The maximum atomic E-state index is 9.93. The molecule has 1 rings (SSSR count). The first-order chi connectivity index (χ1) is 3.93. The summed E-state index contributed by atoms with van der Waals surface area (Å²) in [5.74, 6) is 0.562. The maximum absolute atomic E-state index is 9.93. The van der Waals surface area contributed by atoms with Crippen LogP contribution in [0.1, 0.15) is 19.3 Å². The molecule has 1 nitrogen and oxygen atoms in total. The van der Waals surface area contributed by atoms with Gasteiger partial charge < -0.3 is 4.79 Å². The first kappa shape index (κ1) is 5.54. The molecule has 0 heterocycles. The van der Waals surface area contributed by atoms with Crippen LogP contribution in [0.25, 0.3) is 0 Å². The number of allylic oxidation sites excluding steroid dienone is 2. The van der Waals surface area contributed by atoms with Crippen molar-refractivity contribution >= 4 is 6.29 Å². The van der Waals surface area contributed by atoms with E-state index in [4.69, 9.17) is 0 Å². The van der Waals surface area contributed by atoms with Crippen LogP contribution in [0.3, 0.4) is 0 Å². The van der Waals surface area contributed by atoms with Crippen molar-refractivity contribution in [2.24, 2.45) is 5.92 Å². The van der Waals surface area contributed by atoms with E-state index in [0.29, 0.717) is 5.92 Å². The van der Waals surface area contributed by atoms with Crippen LogP contribution in [0, 0.1) is 5.92 Å². The highest BCUT2D eigenvalue weighted by molar-refractivity contribution is 5.50. The number of hydrogen-bond acceptors (Lipinski definition) is 1. The summed E-state index contributed by atoms with van der Waals surface area (Å²) in [6.07, 6.45) is 8.34. The van der Waals surface area contributed by atoms with Crippen molar-refractivity contribution in [3.8, 4) is 0 Å². The summed E-state index contributed by atoms with van der Waals surface area (Å²) in [5, 5.41) is 0. The number of aldehydes is 1. The average molecular weight is 110 g/mol. The molecular formula is C7H10O. The van der Waals surface area contributed by atoms with Gasteiger partial charge in [-0.3, -0.25) is 0 Å². The molecule has 1 aliphatic carbocycles. The van der Waals surface area contributed by atoms with Crippen molar-refractivity contribution in [3.05, 3.63) is 12.2 Å². The van der Waals surface area contributed by atoms with E-state index in [0.717, 1.165) is 12.7 Å². The zero-order valence-corrected chi connectivity index (χ0v) is 4.84. The largest absolute Gasteiger partial charge is 0.303 e. The van der Waals surface area contributed by atoms with Crippen molar-refractivity contribution in [2.75, 3.05) is 0 Å². The standard InChI is InChI=1S/C7H10O/c8-6-5-7-3-1-2-4-7/h1,3,6-7H,2,4-5H2/t7-/m0/s1. The molecule has 0 N–H and O–H groups in total. The lowest BCUT2D eigenvalue weighted by Crippen LogP contribution is -1.90. The Morgan fingerprint density at radius 2 is 2.62 bits per heavy atom. The van der Waals surface area contributed by atoms with Crippen molar-refractivity contribution in [3.63, 3.8) is 0 Å². The molecule has 0 saturated heterocycles. The Kier molecular flexibility index (Phi) is 1.84. The summed E-state index contributed by atoms with van der Waals surface area (Å²) >= 11 is 0. The van der Waals surface area contributed by atoms with Crippen molar-refractivity contribution in [1.29, 1.82) is 0 Å². The Bertz CT molecular complexity index is 105. The van der Waals surface area contributed by atoms with Crippen LogP contribution in [0.15, 0.2) is 12.2 Å². The van der Waals surface area contributed by atoms with Gasteiger partial charge in [0.1, 0.15) is 6.29 Å². The number of carbonyl (C=O) groups excluding carboxylic acids is 1. The van der Waals surface area contributed by atoms with E-state index in [-0.39, 0.29) is 0 Å². The van der Waals surface area contributed by atoms with E-state index in [9.17, 15) is 4.79 Å². The minimum Gasteiger partial charge on any atom is -0.303 e. The fourth-order valence-corrected chi connectivity index (χ4v) is 1.02. The van der Waals surface area contributed by atoms with Gasteiger partial charge in [-0.25, -0.2) is 0 Å². The Balaban J connectivity index is 2.25. The molecule has 0 unspecified atom stereocenters. The second-order valence-corrected chi connectivity index (χ2v) is 2.17. The molecule has 0 radical (unpaired) electrons. The Labute approximate surface area is 49.4 Å². The minimum absolute atomic E-state index is 0.562. The third-order valence-corrected chi connectivity index (χ3v) is 1.51. The minimum atomic E-state index is 0.562. The van der Waals surface area contributed by atoms with E-state index in [2.05, 4.69) is 12.2 Å². The summed E-state index contributed by atoms with van der Waals surface area (Å²) in [6, 6.07) is 0. The van der Waals surface area contributed by atoms with Crippen LogP contribution in [-0.2, 0) is 4.79 Å². The van der Waals surface area contributed by atoms with Crippen molar-refractivity contribution in [2.45, 2.75) is 19.3 Å². The molecule has 0 spiro atoms. The molecule has 0 amide bonds. The lowest BCUT2D eigenvalue weighted by atomic mass is 10.1. The first-order valence-corrected chi connectivity index (χ1v) is 3.04. The van der Waals surface area contributed by atoms with Gasteiger partial charge >= 0.3 is 0 Å². The van der Waals surface area contributed by atoms with Crippen molar-refractivity contribution < 1.29 is 4.79 Å². The highest BCUT2D eigenvalue weighted by Crippen LogP contribution is 2.18. The highest BCUT2D eigenvalue weighted by Gasteiger charge is 2.06. The predicted octanol–water partition coefficient (Wildman–Crippen LogP) is 1.54. The fourth-order valence-electron chi connectivity index (χ4n) is 1.02. The Morgan fingerprint density at radius 3 is 3.12 bits per heavy atom. The SMILES string of the molecule is O=CC[C@H]1C=CCC1. The topological polar surface area (TPSA) is 17.1 Å². The van der Waals surface area contributed by atoms with Crippen LogP contribution in [0.5, 0.6) is 0 Å². The average Bonchev–Trinajstić information content (AvgIpc) is 2.19. The fraction of sp³-hybridized carbons (Fsp3) is 0.571. The molecule has 8 heavy (non-hydrogen) atoms. The lowest BCUT2D eigenvalue weighted by molar-refractivity contribution is -0.108. The summed E-state index contributed by atoms with van der Waals surface area (Å²) in [6.45, 7) is 0. The van der Waals surface area contributed by atoms with Gasteiger partial charge in [-0.15, -0.1) is 0 Å². The smallest absolute Gasteiger partial charge is 0.120 e. The van der Waals surface area contributed by atoms with Gasteiger partial charge in [-0.2, -0.15) is 0 Å². The van der Waals surface area contributed by atoms with E-state index < -0.39 is 0 Å². The second-order valence-electron chi connectivity index (χ2n) is 2.17. The molecule has 0 saturated carbocycles. The molecule has 0 aliphatic heterocycles. The summed E-state index contributed by atoms with van der Waals surface area (Å²) < 4.78 is 0. The molecule has 1 aliphatic rings. The third-order valence-electron chi connectivity index (χ3n) is 1.51. The van der Waals surface area contributed by atoms with Gasteiger partial charge in [-0.1, -0.05) is 12.2 Å². The van der Waals surface area contributed by atoms with Crippen molar-refractivity contribution in [1.82, 2.24) is 0 Å².